The lowest BCUT2D eigenvalue weighted by molar-refractivity contribution is -0.118. The Labute approximate surface area is 187 Å². The molecule has 1 aliphatic rings. The van der Waals surface area contributed by atoms with Crippen molar-refractivity contribution in [1.29, 1.82) is 0 Å². The highest BCUT2D eigenvalue weighted by Gasteiger charge is 2.16. The number of ether oxygens (including phenoxy) is 3. The van der Waals surface area contributed by atoms with Crippen LogP contribution in [0.15, 0.2) is 71.2 Å². The Morgan fingerprint density at radius 1 is 0.968 bits per heavy atom. The van der Waals surface area contributed by atoms with Crippen LogP contribution in [0.5, 0.6) is 17.2 Å². The molecule has 0 saturated heterocycles. The van der Waals surface area contributed by atoms with Gasteiger partial charge in [0.25, 0.3) is 11.8 Å². The second-order valence-electron chi connectivity index (χ2n) is 6.71. The quantitative estimate of drug-likeness (QED) is 0.528. The third-order valence-electron chi connectivity index (χ3n) is 4.52. The van der Waals surface area contributed by atoms with Crippen molar-refractivity contribution < 1.29 is 23.8 Å². The molecule has 0 atom stereocenters. The third kappa shape index (κ3) is 5.35. The average Bonchev–Trinajstić information content (AvgIpc) is 3.25. The Kier molecular flexibility index (Phi) is 6.37. The Balaban J connectivity index is 1.35. The summed E-state index contributed by atoms with van der Waals surface area (Å²) in [5.74, 6) is 1.26. The minimum Gasteiger partial charge on any atom is -0.484 e. The third-order valence-corrected chi connectivity index (χ3v) is 5.05. The summed E-state index contributed by atoms with van der Waals surface area (Å²) in [4.78, 5) is 25.0. The fourth-order valence-corrected chi connectivity index (χ4v) is 3.25. The van der Waals surface area contributed by atoms with Gasteiger partial charge in [0.2, 0.25) is 6.79 Å². The van der Waals surface area contributed by atoms with Crippen LogP contribution in [0.1, 0.15) is 15.9 Å². The summed E-state index contributed by atoms with van der Waals surface area (Å²) < 4.78 is 17.1. The normalized spacial score (nSPS) is 11.6. The lowest BCUT2D eigenvalue weighted by Gasteiger charge is -2.12. The lowest BCUT2D eigenvalue weighted by atomic mass is 10.1. The lowest BCUT2D eigenvalue weighted by Crippen LogP contribution is -2.26. The molecule has 158 valence electrons. The van der Waals surface area contributed by atoms with Crippen molar-refractivity contribution in [3.8, 4) is 17.2 Å². The van der Waals surface area contributed by atoms with E-state index in [0.717, 1.165) is 10.0 Å². The molecular weight excluding hydrogens is 464 g/mol. The van der Waals surface area contributed by atoms with Crippen molar-refractivity contribution in [3.63, 3.8) is 0 Å². The zero-order chi connectivity index (χ0) is 21.6. The Morgan fingerprint density at radius 3 is 2.58 bits per heavy atom. The van der Waals surface area contributed by atoms with Gasteiger partial charge in [-0.25, -0.2) is 0 Å². The number of hydrogen-bond acceptors (Lipinski definition) is 5. The van der Waals surface area contributed by atoms with E-state index in [-0.39, 0.29) is 25.2 Å². The molecule has 0 spiro atoms. The Hall–Kier alpha value is -3.52. The summed E-state index contributed by atoms with van der Waals surface area (Å²) in [5.41, 5.74) is 1.65. The summed E-state index contributed by atoms with van der Waals surface area (Å²) in [6, 6.07) is 19.5. The molecule has 0 bridgehead atoms. The number of halogens is 1. The zero-order valence-corrected chi connectivity index (χ0v) is 18.0. The first-order chi connectivity index (χ1) is 15.1. The monoisotopic (exact) mass is 482 g/mol. The summed E-state index contributed by atoms with van der Waals surface area (Å²) in [6.07, 6.45) is 0. The molecule has 1 aliphatic heterocycles. The van der Waals surface area contributed by atoms with Crippen LogP contribution in [0.25, 0.3) is 0 Å². The number of amides is 2. The number of carbonyl (C=O) groups is 2. The number of hydrogen-bond donors (Lipinski definition) is 2. The van der Waals surface area contributed by atoms with E-state index in [4.69, 9.17) is 14.2 Å². The van der Waals surface area contributed by atoms with Gasteiger partial charge in [0.1, 0.15) is 5.75 Å². The van der Waals surface area contributed by atoms with Crippen LogP contribution in [0.3, 0.4) is 0 Å². The van der Waals surface area contributed by atoms with E-state index in [2.05, 4.69) is 26.6 Å². The fourth-order valence-electron chi connectivity index (χ4n) is 2.98. The number of nitrogens with one attached hydrogen (secondary N) is 2. The fraction of sp³-hybridized carbons (Fsp3) is 0.130. The van der Waals surface area contributed by atoms with Crippen LogP contribution in [0.4, 0.5) is 5.69 Å². The molecule has 7 nitrogen and oxygen atoms in total. The molecule has 0 aromatic heterocycles. The van der Waals surface area contributed by atoms with Gasteiger partial charge in [-0.05, 0) is 54.1 Å². The average molecular weight is 483 g/mol. The van der Waals surface area contributed by atoms with Gasteiger partial charge in [0.15, 0.2) is 18.1 Å². The van der Waals surface area contributed by atoms with E-state index in [1.165, 1.54) is 0 Å². The van der Waals surface area contributed by atoms with Crippen LogP contribution < -0.4 is 24.8 Å². The van der Waals surface area contributed by atoms with Gasteiger partial charge < -0.3 is 24.8 Å². The van der Waals surface area contributed by atoms with Crippen molar-refractivity contribution in [2.24, 2.45) is 0 Å². The highest BCUT2D eigenvalue weighted by Crippen LogP contribution is 2.32. The van der Waals surface area contributed by atoms with Gasteiger partial charge in [-0.3, -0.25) is 9.59 Å². The molecule has 3 aromatic rings. The van der Waals surface area contributed by atoms with Gasteiger partial charge in [-0.2, -0.15) is 0 Å². The molecule has 2 N–H and O–H groups in total. The summed E-state index contributed by atoms with van der Waals surface area (Å²) in [6.45, 7) is 0.336. The van der Waals surface area contributed by atoms with Crippen molar-refractivity contribution in [2.75, 3.05) is 18.7 Å². The predicted octanol–water partition coefficient (Wildman–Crippen LogP) is 4.13. The van der Waals surface area contributed by atoms with Crippen LogP contribution in [-0.2, 0) is 11.3 Å². The first-order valence-electron chi connectivity index (χ1n) is 9.52. The van der Waals surface area contributed by atoms with E-state index in [0.29, 0.717) is 35.0 Å². The number of carbonyl (C=O) groups excluding carboxylic acids is 2. The summed E-state index contributed by atoms with van der Waals surface area (Å²) in [5, 5.41) is 5.60. The second kappa shape index (κ2) is 9.53. The van der Waals surface area contributed by atoms with Gasteiger partial charge in [0.05, 0.1) is 11.3 Å². The topological polar surface area (TPSA) is 85.9 Å². The maximum Gasteiger partial charge on any atom is 0.262 e. The number of rotatable bonds is 7. The highest BCUT2D eigenvalue weighted by atomic mass is 79.9. The SMILES string of the molecule is O=C(COc1ccc(Br)cc1)Nc1ccccc1C(=O)NCc1ccc2c(c1)OCO2. The van der Waals surface area contributed by atoms with E-state index in [1.54, 1.807) is 36.4 Å². The maximum absolute atomic E-state index is 12.7. The molecule has 0 saturated carbocycles. The maximum atomic E-state index is 12.7. The van der Waals surface area contributed by atoms with Gasteiger partial charge in [0, 0.05) is 11.0 Å². The summed E-state index contributed by atoms with van der Waals surface area (Å²) >= 11 is 3.35. The molecule has 8 heteroatoms. The second-order valence-corrected chi connectivity index (χ2v) is 7.62. The number of anilines is 1. The number of para-hydroxylation sites is 1. The molecule has 0 unspecified atom stereocenters. The van der Waals surface area contributed by atoms with Crippen molar-refractivity contribution in [1.82, 2.24) is 5.32 Å². The Morgan fingerprint density at radius 2 is 1.74 bits per heavy atom. The van der Waals surface area contributed by atoms with Gasteiger partial charge in [-0.1, -0.05) is 34.1 Å². The number of fused-ring (bicyclic) bond motifs is 1. The van der Waals surface area contributed by atoms with Gasteiger partial charge in [-0.15, -0.1) is 0 Å². The Bertz CT molecular complexity index is 1100. The van der Waals surface area contributed by atoms with Crippen molar-refractivity contribution >= 4 is 33.4 Å². The molecule has 2 amide bonds. The van der Waals surface area contributed by atoms with E-state index < -0.39 is 0 Å². The zero-order valence-electron chi connectivity index (χ0n) is 16.4. The first kappa shape index (κ1) is 20.7. The standard InChI is InChI=1S/C23H19BrN2O5/c24-16-6-8-17(9-7-16)29-13-22(27)26-19-4-2-1-3-18(19)23(28)25-12-15-5-10-20-21(11-15)31-14-30-20/h1-11H,12-14H2,(H,25,28)(H,26,27). The first-order valence-corrected chi connectivity index (χ1v) is 10.3. The van der Waals surface area contributed by atoms with Crippen molar-refractivity contribution in [2.45, 2.75) is 6.54 Å². The smallest absolute Gasteiger partial charge is 0.262 e. The molecule has 31 heavy (non-hydrogen) atoms. The van der Waals surface area contributed by atoms with Crippen molar-refractivity contribution in [3.05, 3.63) is 82.3 Å². The van der Waals surface area contributed by atoms with Crippen LogP contribution in [0, 0.1) is 0 Å². The molecule has 4 rings (SSSR count). The van der Waals surface area contributed by atoms with Crippen LogP contribution in [-0.4, -0.2) is 25.2 Å². The van der Waals surface area contributed by atoms with Crippen LogP contribution >= 0.6 is 15.9 Å². The van der Waals surface area contributed by atoms with Gasteiger partial charge >= 0.3 is 0 Å². The molecule has 0 radical (unpaired) electrons. The van der Waals surface area contributed by atoms with E-state index in [9.17, 15) is 9.59 Å². The molecular formula is C23H19BrN2O5. The molecule has 1 heterocycles. The minimum absolute atomic E-state index is 0.172. The molecule has 3 aromatic carbocycles. The van der Waals surface area contributed by atoms with E-state index >= 15 is 0 Å². The molecule has 0 fully saturated rings. The largest absolute Gasteiger partial charge is 0.484 e. The minimum atomic E-state index is -0.362. The molecule has 0 aliphatic carbocycles. The summed E-state index contributed by atoms with van der Waals surface area (Å²) in [7, 11) is 0. The van der Waals surface area contributed by atoms with E-state index in [1.807, 2.05) is 30.3 Å². The van der Waals surface area contributed by atoms with Crippen LogP contribution in [0.2, 0.25) is 0 Å². The highest BCUT2D eigenvalue weighted by molar-refractivity contribution is 9.10. The number of benzene rings is 3. The predicted molar refractivity (Wildman–Crippen MR) is 118 cm³/mol.